The van der Waals surface area contributed by atoms with Gasteiger partial charge in [-0.3, -0.25) is 9.36 Å². The van der Waals surface area contributed by atoms with Gasteiger partial charge in [0.2, 0.25) is 5.91 Å². The van der Waals surface area contributed by atoms with Gasteiger partial charge in [-0.05, 0) is 43.2 Å². The van der Waals surface area contributed by atoms with Gasteiger partial charge in [0.1, 0.15) is 0 Å². The summed E-state index contributed by atoms with van der Waals surface area (Å²) in [5.41, 5.74) is 1.25. The summed E-state index contributed by atoms with van der Waals surface area (Å²) in [4.78, 5) is 12.1. The van der Waals surface area contributed by atoms with E-state index in [2.05, 4.69) is 13.0 Å². The monoisotopic (exact) mass is 189 g/mol. The molecule has 1 saturated carbocycles. The fourth-order valence-electron chi connectivity index (χ4n) is 3.14. The molecule has 2 heteroatoms. The van der Waals surface area contributed by atoms with Crippen LogP contribution in [0.2, 0.25) is 0 Å². The molecule has 1 aliphatic carbocycles. The Labute approximate surface area is 83.9 Å². The maximum Gasteiger partial charge on any atom is 0.234 e. The standard InChI is InChI=1S/C12H15NO/c1-8-7-9-4-5-10(8)12(14)13-6-2-3-11(9)13/h2-3,6,8-10H,4-5,7H2,1H3. The lowest BCUT2D eigenvalue weighted by molar-refractivity contribution is 0.0771. The van der Waals surface area contributed by atoms with Crippen molar-refractivity contribution in [3.63, 3.8) is 0 Å². The first-order chi connectivity index (χ1) is 6.77. The molecule has 3 heterocycles. The average molecular weight is 189 g/mol. The number of nitrogens with zero attached hydrogens (tertiary/aromatic N) is 1. The van der Waals surface area contributed by atoms with Gasteiger partial charge >= 0.3 is 0 Å². The van der Waals surface area contributed by atoms with Gasteiger partial charge in [0.25, 0.3) is 0 Å². The largest absolute Gasteiger partial charge is 0.291 e. The van der Waals surface area contributed by atoms with E-state index in [0.717, 1.165) is 6.42 Å². The number of hydrogen-bond acceptors (Lipinski definition) is 1. The van der Waals surface area contributed by atoms with Crippen LogP contribution in [0.5, 0.6) is 0 Å². The Hall–Kier alpha value is -1.05. The van der Waals surface area contributed by atoms with Crippen LogP contribution in [0.25, 0.3) is 0 Å². The number of carbonyl (C=O) groups excluding carboxylic acids is 1. The van der Waals surface area contributed by atoms with Crippen molar-refractivity contribution in [1.82, 2.24) is 4.57 Å². The Balaban J connectivity index is 2.16. The molecule has 3 unspecified atom stereocenters. The lowest BCUT2D eigenvalue weighted by atomic mass is 9.75. The summed E-state index contributed by atoms with van der Waals surface area (Å²) >= 11 is 0. The zero-order valence-electron chi connectivity index (χ0n) is 8.44. The first-order valence-electron chi connectivity index (χ1n) is 5.49. The van der Waals surface area contributed by atoms with E-state index in [-0.39, 0.29) is 5.92 Å². The van der Waals surface area contributed by atoms with Crippen molar-refractivity contribution < 1.29 is 4.79 Å². The molecular weight excluding hydrogens is 174 g/mol. The van der Waals surface area contributed by atoms with E-state index in [4.69, 9.17) is 0 Å². The van der Waals surface area contributed by atoms with Crippen LogP contribution in [0.15, 0.2) is 18.3 Å². The number of rotatable bonds is 0. The molecule has 3 aliphatic rings. The van der Waals surface area contributed by atoms with E-state index in [1.807, 2.05) is 16.8 Å². The minimum atomic E-state index is 0.278. The summed E-state index contributed by atoms with van der Waals surface area (Å²) < 4.78 is 1.89. The Morgan fingerprint density at radius 2 is 2.29 bits per heavy atom. The number of aromatic nitrogens is 1. The highest BCUT2D eigenvalue weighted by atomic mass is 16.2. The molecule has 2 aliphatic heterocycles. The Bertz CT molecular complexity index is 379. The van der Waals surface area contributed by atoms with Gasteiger partial charge < -0.3 is 0 Å². The average Bonchev–Trinajstić information content (AvgIpc) is 2.58. The highest BCUT2D eigenvalue weighted by Crippen LogP contribution is 2.43. The normalized spacial score (nSPS) is 35.5. The van der Waals surface area contributed by atoms with Crippen LogP contribution in [0.4, 0.5) is 0 Å². The van der Waals surface area contributed by atoms with Crippen LogP contribution < -0.4 is 0 Å². The van der Waals surface area contributed by atoms with E-state index in [1.165, 1.54) is 18.5 Å². The Kier molecular flexibility index (Phi) is 1.61. The molecule has 0 amide bonds. The maximum absolute atomic E-state index is 12.1. The highest BCUT2D eigenvalue weighted by Gasteiger charge is 2.38. The van der Waals surface area contributed by atoms with Crippen LogP contribution >= 0.6 is 0 Å². The van der Waals surface area contributed by atoms with E-state index in [9.17, 15) is 4.79 Å². The van der Waals surface area contributed by atoms with Crippen LogP contribution in [0.3, 0.4) is 0 Å². The molecule has 2 bridgehead atoms. The summed E-state index contributed by atoms with van der Waals surface area (Å²) in [6.07, 6.45) is 5.42. The molecular formula is C12H15NO. The van der Waals surface area contributed by atoms with E-state index >= 15 is 0 Å². The molecule has 0 saturated heterocycles. The second-order valence-electron chi connectivity index (χ2n) is 4.74. The summed E-state index contributed by atoms with van der Waals surface area (Å²) in [6.45, 7) is 2.22. The maximum atomic E-state index is 12.1. The lowest BCUT2D eigenvalue weighted by Crippen LogP contribution is -2.26. The fourth-order valence-corrected chi connectivity index (χ4v) is 3.14. The topological polar surface area (TPSA) is 22.0 Å². The third-order valence-electron chi connectivity index (χ3n) is 3.92. The van der Waals surface area contributed by atoms with E-state index in [0.29, 0.717) is 17.7 Å². The molecule has 0 N–H and O–H groups in total. The first kappa shape index (κ1) is 8.27. The second-order valence-corrected chi connectivity index (χ2v) is 4.74. The predicted octanol–water partition coefficient (Wildman–Crippen LogP) is 2.66. The predicted molar refractivity (Wildman–Crippen MR) is 54.3 cm³/mol. The number of hydrogen-bond donors (Lipinski definition) is 0. The summed E-state index contributed by atoms with van der Waals surface area (Å²) in [5.74, 6) is 1.81. The van der Waals surface area contributed by atoms with Crippen molar-refractivity contribution in [3.8, 4) is 0 Å². The SMILES string of the molecule is CC1CC2CCC1C(=O)n1cccc12. The van der Waals surface area contributed by atoms with Crippen LogP contribution in [-0.2, 0) is 0 Å². The summed E-state index contributed by atoms with van der Waals surface area (Å²) in [7, 11) is 0. The molecule has 2 nitrogen and oxygen atoms in total. The van der Waals surface area contributed by atoms with Crippen molar-refractivity contribution in [2.24, 2.45) is 11.8 Å². The molecule has 0 spiro atoms. The minimum Gasteiger partial charge on any atom is -0.291 e. The second kappa shape index (κ2) is 2.72. The molecule has 1 fully saturated rings. The van der Waals surface area contributed by atoms with Gasteiger partial charge in [-0.25, -0.2) is 0 Å². The lowest BCUT2D eigenvalue weighted by Gasteiger charge is -2.27. The van der Waals surface area contributed by atoms with Crippen molar-refractivity contribution in [3.05, 3.63) is 24.0 Å². The van der Waals surface area contributed by atoms with E-state index < -0.39 is 0 Å². The Morgan fingerprint density at radius 1 is 1.43 bits per heavy atom. The quantitative estimate of drug-likeness (QED) is 0.615. The minimum absolute atomic E-state index is 0.278. The third kappa shape index (κ3) is 0.941. The highest BCUT2D eigenvalue weighted by molar-refractivity contribution is 5.83. The fraction of sp³-hybridized carbons (Fsp3) is 0.583. The van der Waals surface area contributed by atoms with Crippen molar-refractivity contribution in [1.29, 1.82) is 0 Å². The van der Waals surface area contributed by atoms with Gasteiger partial charge in [0, 0.05) is 17.8 Å². The molecule has 14 heavy (non-hydrogen) atoms. The molecule has 0 radical (unpaired) electrons. The molecule has 1 aromatic rings. The van der Waals surface area contributed by atoms with Crippen molar-refractivity contribution in [2.75, 3.05) is 0 Å². The van der Waals surface area contributed by atoms with Crippen molar-refractivity contribution >= 4 is 5.91 Å². The van der Waals surface area contributed by atoms with Gasteiger partial charge in [0.05, 0.1) is 0 Å². The van der Waals surface area contributed by atoms with Crippen LogP contribution in [-0.4, -0.2) is 10.5 Å². The molecule has 74 valence electrons. The van der Waals surface area contributed by atoms with Gasteiger partial charge in [-0.1, -0.05) is 6.92 Å². The first-order valence-corrected chi connectivity index (χ1v) is 5.49. The van der Waals surface area contributed by atoms with Gasteiger partial charge in [-0.15, -0.1) is 0 Å². The molecule has 1 aromatic heterocycles. The summed E-state index contributed by atoms with van der Waals surface area (Å²) in [6, 6.07) is 4.11. The zero-order chi connectivity index (χ0) is 9.71. The molecule has 4 rings (SSSR count). The van der Waals surface area contributed by atoms with Crippen LogP contribution in [0, 0.1) is 11.8 Å². The number of fused-ring (bicyclic) bond motifs is 2. The van der Waals surface area contributed by atoms with E-state index in [1.54, 1.807) is 0 Å². The summed E-state index contributed by atoms with van der Waals surface area (Å²) in [5, 5.41) is 0. The Morgan fingerprint density at radius 3 is 3.07 bits per heavy atom. The van der Waals surface area contributed by atoms with Gasteiger partial charge in [0.15, 0.2) is 0 Å². The van der Waals surface area contributed by atoms with Crippen LogP contribution in [0.1, 0.15) is 42.6 Å². The molecule has 3 atom stereocenters. The third-order valence-corrected chi connectivity index (χ3v) is 3.92. The van der Waals surface area contributed by atoms with Gasteiger partial charge in [-0.2, -0.15) is 0 Å². The molecule has 0 aromatic carbocycles. The number of carbonyl (C=O) groups is 1. The van der Waals surface area contributed by atoms with Crippen molar-refractivity contribution in [2.45, 2.75) is 32.1 Å². The smallest absolute Gasteiger partial charge is 0.234 e. The zero-order valence-corrected chi connectivity index (χ0v) is 8.44.